The Balaban J connectivity index is 0.00000161. The van der Waals surface area contributed by atoms with Crippen molar-refractivity contribution >= 4 is 24.2 Å². The number of nitrogens with zero attached hydrogens (tertiary/aromatic N) is 2. The van der Waals surface area contributed by atoms with Crippen LogP contribution in [0.2, 0.25) is 0 Å². The number of halogens is 1. The van der Waals surface area contributed by atoms with Crippen LogP contribution in [0, 0.1) is 0 Å². The average molecular weight is 326 g/mol. The Morgan fingerprint density at radius 3 is 2.57 bits per heavy atom. The van der Waals surface area contributed by atoms with E-state index >= 15 is 0 Å². The molecule has 0 atom stereocenters. The van der Waals surface area contributed by atoms with E-state index in [4.69, 9.17) is 10.3 Å². The van der Waals surface area contributed by atoms with Crippen LogP contribution in [0.25, 0.3) is 11.5 Å². The molecule has 1 fully saturated rings. The summed E-state index contributed by atoms with van der Waals surface area (Å²) >= 11 is 1.91. The molecular weight excluding hydrogens is 306 g/mol. The van der Waals surface area contributed by atoms with Crippen LogP contribution in [0.4, 0.5) is 0 Å². The van der Waals surface area contributed by atoms with Gasteiger partial charge in [-0.15, -0.1) is 12.4 Å². The maximum atomic E-state index is 6.21. The highest BCUT2D eigenvalue weighted by molar-refractivity contribution is 7.98. The topological polar surface area (TPSA) is 64.9 Å². The highest BCUT2D eigenvalue weighted by Crippen LogP contribution is 2.37. The van der Waals surface area contributed by atoms with Crippen LogP contribution in [0.15, 0.2) is 28.8 Å². The molecule has 3 rings (SSSR count). The van der Waals surface area contributed by atoms with Crippen molar-refractivity contribution in [1.82, 2.24) is 10.1 Å². The zero-order valence-electron chi connectivity index (χ0n) is 12.0. The first kappa shape index (κ1) is 16.3. The number of nitrogens with two attached hydrogens (primary N) is 1. The summed E-state index contributed by atoms with van der Waals surface area (Å²) in [5.41, 5.74) is 8.12. The normalized spacial score (nSPS) is 16.1. The van der Waals surface area contributed by atoms with Crippen LogP contribution in [-0.2, 0) is 11.3 Å². The highest BCUT2D eigenvalue weighted by atomic mass is 35.5. The molecule has 1 aliphatic rings. The quantitative estimate of drug-likeness (QED) is 0.907. The molecule has 1 heterocycles. The van der Waals surface area contributed by atoms with Crippen molar-refractivity contribution < 1.29 is 4.52 Å². The van der Waals surface area contributed by atoms with Gasteiger partial charge in [0, 0.05) is 11.3 Å². The summed E-state index contributed by atoms with van der Waals surface area (Å²) in [6, 6.07) is 8.30. The summed E-state index contributed by atoms with van der Waals surface area (Å²) in [7, 11) is 0. The van der Waals surface area contributed by atoms with Crippen molar-refractivity contribution in [2.75, 3.05) is 5.75 Å². The fourth-order valence-electron chi connectivity index (χ4n) is 2.29. The van der Waals surface area contributed by atoms with E-state index in [1.807, 2.05) is 23.9 Å². The second kappa shape index (κ2) is 6.81. The molecule has 0 unspecified atom stereocenters. The third-order valence-electron chi connectivity index (χ3n) is 3.79. The van der Waals surface area contributed by atoms with Crippen LogP contribution < -0.4 is 5.73 Å². The van der Waals surface area contributed by atoms with Gasteiger partial charge in [0.1, 0.15) is 0 Å². The van der Waals surface area contributed by atoms with E-state index in [2.05, 4.69) is 29.2 Å². The lowest BCUT2D eigenvalue weighted by Crippen LogP contribution is -2.44. The molecule has 4 nitrogen and oxygen atoms in total. The van der Waals surface area contributed by atoms with Crippen molar-refractivity contribution in [2.24, 2.45) is 5.73 Å². The van der Waals surface area contributed by atoms with Gasteiger partial charge < -0.3 is 10.3 Å². The van der Waals surface area contributed by atoms with Gasteiger partial charge in [0.2, 0.25) is 0 Å². The molecule has 0 bridgehead atoms. The van der Waals surface area contributed by atoms with Gasteiger partial charge in [-0.1, -0.05) is 24.2 Å². The third-order valence-corrected chi connectivity index (χ3v) is 4.74. The average Bonchev–Trinajstić information content (AvgIpc) is 2.93. The third kappa shape index (κ3) is 3.42. The standard InChI is InChI=1S/C15H19N3OS.ClH/c1-2-20-10-11-4-6-12(7-5-11)13-17-14(18-19-13)15(16)8-3-9-15;/h4-7H,2-3,8-10,16H2,1H3;1H. The number of hydrogen-bond donors (Lipinski definition) is 1. The Hall–Kier alpha value is -1.04. The second-order valence-corrected chi connectivity index (χ2v) is 6.54. The van der Waals surface area contributed by atoms with Crippen LogP contribution in [0.5, 0.6) is 0 Å². The Bertz CT molecular complexity index is 581. The fourth-order valence-corrected chi connectivity index (χ4v) is 2.92. The SMILES string of the molecule is CCSCc1ccc(-c2nc(C3(N)CCC3)no2)cc1.Cl. The van der Waals surface area contributed by atoms with E-state index < -0.39 is 0 Å². The van der Waals surface area contributed by atoms with Crippen molar-refractivity contribution in [2.45, 2.75) is 37.5 Å². The van der Waals surface area contributed by atoms with Gasteiger partial charge in [0.05, 0.1) is 5.54 Å². The van der Waals surface area contributed by atoms with Crippen LogP contribution in [0.1, 0.15) is 37.6 Å². The zero-order valence-corrected chi connectivity index (χ0v) is 13.7. The first-order chi connectivity index (χ1) is 9.71. The summed E-state index contributed by atoms with van der Waals surface area (Å²) < 4.78 is 5.35. The minimum atomic E-state index is -0.362. The maximum Gasteiger partial charge on any atom is 0.257 e. The molecule has 1 aliphatic carbocycles. The number of rotatable bonds is 5. The summed E-state index contributed by atoms with van der Waals surface area (Å²) in [5.74, 6) is 3.38. The molecule has 0 amide bonds. The van der Waals surface area contributed by atoms with E-state index in [0.717, 1.165) is 36.3 Å². The largest absolute Gasteiger partial charge is 0.334 e. The lowest BCUT2D eigenvalue weighted by molar-refractivity contribution is 0.229. The van der Waals surface area contributed by atoms with Crippen LogP contribution in [-0.4, -0.2) is 15.9 Å². The molecule has 114 valence electrons. The highest BCUT2D eigenvalue weighted by Gasteiger charge is 2.39. The van der Waals surface area contributed by atoms with E-state index in [0.29, 0.717) is 11.7 Å². The van der Waals surface area contributed by atoms with Crippen molar-refractivity contribution in [3.63, 3.8) is 0 Å². The monoisotopic (exact) mass is 325 g/mol. The molecule has 0 spiro atoms. The van der Waals surface area contributed by atoms with Gasteiger partial charge in [-0.3, -0.25) is 0 Å². The number of aromatic nitrogens is 2. The predicted octanol–water partition coefficient (Wildman–Crippen LogP) is 3.75. The molecule has 1 aromatic heterocycles. The number of hydrogen-bond acceptors (Lipinski definition) is 5. The minimum Gasteiger partial charge on any atom is -0.334 e. The Morgan fingerprint density at radius 1 is 1.29 bits per heavy atom. The van der Waals surface area contributed by atoms with Gasteiger partial charge >= 0.3 is 0 Å². The molecule has 1 aromatic carbocycles. The zero-order chi connectivity index (χ0) is 14.0. The van der Waals surface area contributed by atoms with Crippen molar-refractivity contribution in [3.8, 4) is 11.5 Å². The summed E-state index contributed by atoms with van der Waals surface area (Å²) in [6.07, 6.45) is 3.03. The molecule has 0 aliphatic heterocycles. The molecule has 2 aromatic rings. The van der Waals surface area contributed by atoms with Crippen molar-refractivity contribution in [1.29, 1.82) is 0 Å². The van der Waals surface area contributed by atoms with E-state index in [1.54, 1.807) is 0 Å². The molecule has 21 heavy (non-hydrogen) atoms. The molecule has 1 saturated carbocycles. The summed E-state index contributed by atoms with van der Waals surface area (Å²) in [4.78, 5) is 4.46. The van der Waals surface area contributed by atoms with Gasteiger partial charge in [-0.05, 0) is 42.7 Å². The number of benzene rings is 1. The van der Waals surface area contributed by atoms with E-state index in [1.165, 1.54) is 5.56 Å². The number of thioether (sulfide) groups is 1. The Morgan fingerprint density at radius 2 is 2.00 bits per heavy atom. The second-order valence-electron chi connectivity index (χ2n) is 5.27. The summed E-state index contributed by atoms with van der Waals surface area (Å²) in [5, 5.41) is 4.04. The van der Waals surface area contributed by atoms with Gasteiger partial charge in [-0.2, -0.15) is 16.7 Å². The fraction of sp³-hybridized carbons (Fsp3) is 0.467. The van der Waals surface area contributed by atoms with Crippen molar-refractivity contribution in [3.05, 3.63) is 35.7 Å². The van der Waals surface area contributed by atoms with Crippen LogP contribution >= 0.6 is 24.2 Å². The predicted molar refractivity (Wildman–Crippen MR) is 88.5 cm³/mol. The molecule has 6 heteroatoms. The van der Waals surface area contributed by atoms with E-state index in [-0.39, 0.29) is 17.9 Å². The molecule has 0 radical (unpaired) electrons. The van der Waals surface area contributed by atoms with Gasteiger partial charge in [-0.25, -0.2) is 0 Å². The first-order valence-corrected chi connectivity index (χ1v) is 8.17. The molecular formula is C15H20ClN3OS. The lowest BCUT2D eigenvalue weighted by atomic mass is 9.77. The van der Waals surface area contributed by atoms with Gasteiger partial charge in [0.25, 0.3) is 5.89 Å². The molecule has 2 N–H and O–H groups in total. The minimum absolute atomic E-state index is 0. The Kier molecular flexibility index (Phi) is 5.30. The maximum absolute atomic E-state index is 6.21. The Labute approximate surface area is 135 Å². The van der Waals surface area contributed by atoms with Gasteiger partial charge in [0.15, 0.2) is 5.82 Å². The first-order valence-electron chi connectivity index (χ1n) is 7.01. The molecule has 0 saturated heterocycles. The smallest absolute Gasteiger partial charge is 0.257 e. The van der Waals surface area contributed by atoms with Crippen LogP contribution in [0.3, 0.4) is 0 Å². The lowest BCUT2D eigenvalue weighted by Gasteiger charge is -2.34. The summed E-state index contributed by atoms with van der Waals surface area (Å²) in [6.45, 7) is 2.17. The van der Waals surface area contributed by atoms with E-state index in [9.17, 15) is 0 Å².